The molecule has 0 bridgehead atoms. The summed E-state index contributed by atoms with van der Waals surface area (Å²) in [5, 5.41) is 6.33. The summed E-state index contributed by atoms with van der Waals surface area (Å²) in [6.07, 6.45) is 7.92. The summed E-state index contributed by atoms with van der Waals surface area (Å²) in [6.45, 7) is 0. The van der Waals surface area contributed by atoms with E-state index < -0.39 is 78.6 Å². The number of hydrogen-bond acceptors (Lipinski definition) is 15. The number of halogens is 1. The van der Waals surface area contributed by atoms with Crippen LogP contribution < -0.4 is 21.7 Å². The number of nitrogens with zero attached hydrogens (tertiary/aromatic N) is 3. The predicted molar refractivity (Wildman–Crippen MR) is 169 cm³/mol. The third kappa shape index (κ3) is 7.45. The first kappa shape index (κ1) is 34.8. The van der Waals surface area contributed by atoms with E-state index in [-0.39, 0.29) is 54.1 Å². The van der Waals surface area contributed by atoms with Crippen molar-refractivity contribution in [1.82, 2.24) is 20.3 Å². The van der Waals surface area contributed by atoms with E-state index in [2.05, 4.69) is 30.9 Å². The van der Waals surface area contributed by atoms with Crippen LogP contribution in [0.4, 0.5) is 11.9 Å². The van der Waals surface area contributed by atoms with E-state index in [1.165, 1.54) is 0 Å². The minimum absolute atomic E-state index is 0.0225. The van der Waals surface area contributed by atoms with Crippen molar-refractivity contribution in [3.63, 3.8) is 0 Å². The maximum Gasteiger partial charge on any atom is 0.229 e. The lowest BCUT2D eigenvalue weighted by molar-refractivity contribution is -0.153. The average molecular weight is 716 g/mol. The first-order chi connectivity index (χ1) is 22.2. The van der Waals surface area contributed by atoms with Crippen molar-refractivity contribution in [3.8, 4) is 0 Å². The SMILES string of the molecule is NC1C2C(=O)C3CCCCC3C(=O)C2C(NC2CCC(Nc3nc(Cl)nc(NC4CCCCC4)n3)C(S(=O)(=O)[O-])C2)CC1S(=O)(=O)[O-]. The number of aromatic nitrogens is 3. The van der Waals surface area contributed by atoms with Crippen molar-refractivity contribution in [2.24, 2.45) is 29.4 Å². The molecule has 1 aromatic rings. The number of nitrogens with two attached hydrogens (primary N) is 1. The molecule has 5 N–H and O–H groups in total. The lowest BCUT2D eigenvalue weighted by Crippen LogP contribution is -2.68. The van der Waals surface area contributed by atoms with Crippen molar-refractivity contribution < 1.29 is 35.5 Å². The van der Waals surface area contributed by atoms with Gasteiger partial charge in [-0.3, -0.25) is 9.59 Å². The molecule has 0 saturated heterocycles. The van der Waals surface area contributed by atoms with E-state index >= 15 is 0 Å². The van der Waals surface area contributed by atoms with Gasteiger partial charge in [0.05, 0.1) is 30.7 Å². The molecule has 5 aliphatic rings. The summed E-state index contributed by atoms with van der Waals surface area (Å²) >= 11 is 6.16. The fourth-order valence-corrected chi connectivity index (χ4v) is 11.2. The summed E-state index contributed by atoms with van der Waals surface area (Å²) in [7, 11) is -9.81. The standard InChI is InChI=1S/C29H44ClN7O8S2/c30-27-35-28(33-14-6-2-1-3-7-14)37-29(36-27)34-18-11-10-15(12-20(18)46(40,41)42)32-19-13-21(47(43,44)45)24(31)23-22(19)25(38)16-8-4-5-9-17(16)26(23)39/h14-24,32H,1-13,31H2,(H,40,41,42)(H,43,44,45)(H2,33,34,35,36,37)/p-2. The smallest absolute Gasteiger partial charge is 0.229 e. The molecule has 262 valence electrons. The topological polar surface area (TPSA) is 249 Å². The van der Waals surface area contributed by atoms with Gasteiger partial charge in [-0.25, -0.2) is 16.8 Å². The van der Waals surface area contributed by atoms with Gasteiger partial charge in [0.1, 0.15) is 11.6 Å². The van der Waals surface area contributed by atoms with Gasteiger partial charge in [-0.15, -0.1) is 0 Å². The van der Waals surface area contributed by atoms with E-state index in [1.54, 1.807) is 0 Å². The monoisotopic (exact) mass is 715 g/mol. The van der Waals surface area contributed by atoms with Gasteiger partial charge in [0.15, 0.2) is 0 Å². The van der Waals surface area contributed by atoms with Gasteiger partial charge in [0.2, 0.25) is 17.2 Å². The molecule has 0 radical (unpaired) electrons. The average Bonchev–Trinajstić information content (AvgIpc) is 3.00. The Kier molecular flexibility index (Phi) is 10.2. The molecular weight excluding hydrogens is 674 g/mol. The molecule has 0 amide bonds. The van der Waals surface area contributed by atoms with E-state index in [0.29, 0.717) is 19.3 Å². The summed E-state index contributed by atoms with van der Waals surface area (Å²) in [5.41, 5.74) is 6.29. The zero-order valence-electron chi connectivity index (χ0n) is 25.9. The number of carbonyl (C=O) groups excluding carboxylic acids is 2. The highest BCUT2D eigenvalue weighted by molar-refractivity contribution is 7.86. The van der Waals surface area contributed by atoms with Gasteiger partial charge in [-0.05, 0) is 63.0 Å². The number of nitrogens with one attached hydrogen (secondary N) is 3. The maximum atomic E-state index is 13.9. The van der Waals surface area contributed by atoms with Crippen molar-refractivity contribution in [3.05, 3.63) is 5.28 Å². The van der Waals surface area contributed by atoms with Gasteiger partial charge in [-0.1, -0.05) is 32.1 Å². The number of anilines is 2. The molecule has 47 heavy (non-hydrogen) atoms. The van der Waals surface area contributed by atoms with E-state index in [0.717, 1.165) is 44.9 Å². The zero-order valence-corrected chi connectivity index (χ0v) is 28.3. The molecule has 15 nitrogen and oxygen atoms in total. The molecule has 5 saturated carbocycles. The molecule has 5 fully saturated rings. The number of rotatable bonds is 8. The lowest BCUT2D eigenvalue weighted by atomic mass is 9.56. The van der Waals surface area contributed by atoms with Crippen LogP contribution in [0.25, 0.3) is 0 Å². The van der Waals surface area contributed by atoms with Crippen molar-refractivity contribution in [2.45, 2.75) is 124 Å². The third-order valence-electron chi connectivity index (χ3n) is 11.1. The van der Waals surface area contributed by atoms with Gasteiger partial charge >= 0.3 is 0 Å². The highest BCUT2D eigenvalue weighted by Gasteiger charge is 2.59. The molecule has 6 rings (SSSR count). The minimum Gasteiger partial charge on any atom is -0.748 e. The first-order valence-electron chi connectivity index (χ1n) is 16.6. The maximum absolute atomic E-state index is 13.9. The number of carbonyl (C=O) groups is 2. The van der Waals surface area contributed by atoms with Crippen LogP contribution in [0.15, 0.2) is 0 Å². The molecule has 0 aromatic carbocycles. The van der Waals surface area contributed by atoms with Crippen LogP contribution in [0, 0.1) is 23.7 Å². The second kappa shape index (κ2) is 13.7. The Balaban J connectivity index is 1.20. The van der Waals surface area contributed by atoms with Crippen LogP contribution >= 0.6 is 11.6 Å². The Morgan fingerprint density at radius 2 is 1.23 bits per heavy atom. The molecule has 10 unspecified atom stereocenters. The van der Waals surface area contributed by atoms with Gasteiger partial charge in [0, 0.05) is 53.9 Å². The number of fused-ring (bicyclic) bond motifs is 2. The lowest BCUT2D eigenvalue weighted by Gasteiger charge is -2.52. The van der Waals surface area contributed by atoms with Crippen molar-refractivity contribution >= 4 is 55.3 Å². The molecular formula is C29H42ClN7O8S2-2. The summed E-state index contributed by atoms with van der Waals surface area (Å²) in [6, 6.07) is -3.56. The number of ketones is 2. The van der Waals surface area contributed by atoms with Crippen LogP contribution in [0.3, 0.4) is 0 Å². The highest BCUT2D eigenvalue weighted by atomic mass is 35.5. The predicted octanol–water partition coefficient (Wildman–Crippen LogP) is 1.31. The fraction of sp³-hybridized carbons (Fsp3) is 0.828. The normalized spacial score (nSPS) is 37.1. The Morgan fingerprint density at radius 3 is 1.85 bits per heavy atom. The Bertz CT molecular complexity index is 1580. The van der Waals surface area contributed by atoms with Crippen LogP contribution in [-0.2, 0) is 29.8 Å². The van der Waals surface area contributed by atoms with Crippen LogP contribution in [0.2, 0.25) is 5.28 Å². The fourth-order valence-electron chi connectivity index (χ4n) is 8.95. The molecule has 18 heteroatoms. The van der Waals surface area contributed by atoms with Gasteiger partial charge < -0.3 is 30.8 Å². The summed E-state index contributed by atoms with van der Waals surface area (Å²) < 4.78 is 74.7. The zero-order chi connectivity index (χ0) is 33.7. The number of hydrogen-bond donors (Lipinski definition) is 4. The molecule has 5 aliphatic carbocycles. The molecule has 10 atom stereocenters. The first-order valence-corrected chi connectivity index (χ1v) is 20.0. The second-order valence-electron chi connectivity index (χ2n) is 14.0. The van der Waals surface area contributed by atoms with Crippen molar-refractivity contribution in [1.29, 1.82) is 0 Å². The minimum atomic E-state index is -4.93. The van der Waals surface area contributed by atoms with E-state index in [9.17, 15) is 35.5 Å². The third-order valence-corrected chi connectivity index (χ3v) is 13.8. The highest BCUT2D eigenvalue weighted by Crippen LogP contribution is 2.47. The molecule has 0 spiro atoms. The largest absolute Gasteiger partial charge is 0.748 e. The molecule has 0 aliphatic heterocycles. The van der Waals surface area contributed by atoms with Crippen LogP contribution in [0.5, 0.6) is 0 Å². The number of Topliss-reactive ketones (excluding diaryl/α,β-unsaturated/α-hetero) is 2. The Labute approximate surface area is 279 Å². The van der Waals surface area contributed by atoms with Crippen LogP contribution in [0.1, 0.15) is 83.5 Å². The molecule has 1 aromatic heterocycles. The Morgan fingerprint density at radius 1 is 0.660 bits per heavy atom. The second-order valence-corrected chi connectivity index (χ2v) is 17.5. The summed E-state index contributed by atoms with van der Waals surface area (Å²) in [4.78, 5) is 40.2. The molecule has 1 heterocycles. The van der Waals surface area contributed by atoms with E-state index in [1.807, 2.05) is 0 Å². The Hall–Kier alpha value is -2.02. The van der Waals surface area contributed by atoms with Gasteiger partial charge in [0.25, 0.3) is 0 Å². The van der Waals surface area contributed by atoms with Crippen molar-refractivity contribution in [2.75, 3.05) is 10.6 Å². The van der Waals surface area contributed by atoms with E-state index in [4.69, 9.17) is 17.3 Å². The van der Waals surface area contributed by atoms with Crippen LogP contribution in [-0.4, -0.2) is 93.2 Å². The quantitative estimate of drug-likeness (QED) is 0.277. The van der Waals surface area contributed by atoms with Gasteiger partial charge in [-0.2, -0.15) is 15.0 Å². The summed E-state index contributed by atoms with van der Waals surface area (Å²) in [5.74, 6) is -3.29.